The van der Waals surface area contributed by atoms with E-state index in [1.165, 1.54) is 4.31 Å². The highest BCUT2D eigenvalue weighted by molar-refractivity contribution is 7.89. The van der Waals surface area contributed by atoms with E-state index < -0.39 is 10.0 Å². The topological polar surface area (TPSA) is 110 Å². The van der Waals surface area contributed by atoms with Crippen molar-refractivity contribution in [2.75, 3.05) is 25.5 Å². The van der Waals surface area contributed by atoms with Crippen molar-refractivity contribution in [2.24, 2.45) is 0 Å². The van der Waals surface area contributed by atoms with Gasteiger partial charge in [0.2, 0.25) is 16.0 Å². The van der Waals surface area contributed by atoms with Crippen molar-refractivity contribution in [1.82, 2.24) is 24.2 Å². The predicted octanol–water partition coefficient (Wildman–Crippen LogP) is 2.59. The summed E-state index contributed by atoms with van der Waals surface area (Å²) in [6.07, 6.45) is 8.03. The maximum atomic E-state index is 13.1. The first kappa shape index (κ1) is 20.2. The average molecular weight is 427 g/mol. The number of methoxy groups -OCH3 is 1. The molecule has 4 rings (SSSR count). The summed E-state index contributed by atoms with van der Waals surface area (Å²) in [5, 5.41) is 3.02. The number of benzene rings is 1. The van der Waals surface area contributed by atoms with E-state index >= 15 is 0 Å². The van der Waals surface area contributed by atoms with Crippen LogP contribution in [0.1, 0.15) is 24.5 Å². The van der Waals surface area contributed by atoms with Crippen LogP contribution in [-0.2, 0) is 10.0 Å². The Hall–Kier alpha value is -3.11. The standard InChI is InChI=1S/C20H22N6O3S/c1-29-16-4-6-17(7-5-16)30(27,28)26-12-2-3-15(14-26)18-8-9-23-20(24-18)25-19-13-21-10-11-22-19/h4-11,13,15H,2-3,12,14H2,1H3,(H,22,23,24,25). The second kappa shape index (κ2) is 8.72. The van der Waals surface area contributed by atoms with Crippen LogP contribution in [0.25, 0.3) is 0 Å². The second-order valence-corrected chi connectivity index (χ2v) is 8.84. The number of nitrogens with one attached hydrogen (secondary N) is 1. The van der Waals surface area contributed by atoms with Crippen molar-refractivity contribution in [3.05, 3.63) is 60.8 Å². The molecule has 10 heteroatoms. The van der Waals surface area contributed by atoms with Crippen molar-refractivity contribution >= 4 is 21.8 Å². The molecular weight excluding hydrogens is 404 g/mol. The van der Waals surface area contributed by atoms with E-state index in [0.717, 1.165) is 18.5 Å². The molecule has 156 valence electrons. The number of piperidine rings is 1. The fourth-order valence-corrected chi connectivity index (χ4v) is 4.96. The van der Waals surface area contributed by atoms with E-state index in [4.69, 9.17) is 4.74 Å². The Morgan fingerprint density at radius 1 is 1.10 bits per heavy atom. The molecule has 0 bridgehead atoms. The Labute approximate surface area is 175 Å². The quantitative estimate of drug-likeness (QED) is 0.640. The molecule has 0 aliphatic carbocycles. The van der Waals surface area contributed by atoms with E-state index in [0.29, 0.717) is 30.6 Å². The van der Waals surface area contributed by atoms with Crippen LogP contribution in [0.4, 0.5) is 11.8 Å². The van der Waals surface area contributed by atoms with Crippen LogP contribution in [0, 0.1) is 0 Å². The predicted molar refractivity (Wildman–Crippen MR) is 111 cm³/mol. The number of nitrogens with zero attached hydrogens (tertiary/aromatic N) is 5. The summed E-state index contributed by atoms with van der Waals surface area (Å²) in [6, 6.07) is 8.29. The van der Waals surface area contributed by atoms with Gasteiger partial charge in [-0.15, -0.1) is 0 Å². The van der Waals surface area contributed by atoms with Crippen LogP contribution in [0.3, 0.4) is 0 Å². The van der Waals surface area contributed by atoms with Gasteiger partial charge in [0.15, 0.2) is 5.82 Å². The number of ether oxygens (including phenoxy) is 1. The van der Waals surface area contributed by atoms with E-state index in [1.54, 1.807) is 56.2 Å². The number of sulfonamides is 1. The zero-order chi connectivity index (χ0) is 21.0. The molecule has 1 atom stereocenters. The SMILES string of the molecule is COc1ccc(S(=O)(=O)N2CCCC(c3ccnc(Nc4cnccn4)n3)C2)cc1. The van der Waals surface area contributed by atoms with Crippen LogP contribution >= 0.6 is 0 Å². The number of anilines is 2. The van der Waals surface area contributed by atoms with Gasteiger partial charge in [-0.2, -0.15) is 4.31 Å². The van der Waals surface area contributed by atoms with Crippen LogP contribution in [-0.4, -0.2) is 52.9 Å². The van der Waals surface area contributed by atoms with Gasteiger partial charge in [-0.05, 0) is 43.2 Å². The van der Waals surface area contributed by atoms with Crippen LogP contribution in [0.5, 0.6) is 5.75 Å². The van der Waals surface area contributed by atoms with Gasteiger partial charge in [-0.3, -0.25) is 4.98 Å². The Morgan fingerprint density at radius 3 is 2.67 bits per heavy atom. The number of hydrogen-bond acceptors (Lipinski definition) is 8. The van der Waals surface area contributed by atoms with Gasteiger partial charge in [0.25, 0.3) is 0 Å². The van der Waals surface area contributed by atoms with Crippen LogP contribution in [0.2, 0.25) is 0 Å². The van der Waals surface area contributed by atoms with Gasteiger partial charge in [0.05, 0.1) is 23.9 Å². The van der Waals surface area contributed by atoms with Gasteiger partial charge < -0.3 is 10.1 Å². The monoisotopic (exact) mass is 426 g/mol. The average Bonchev–Trinajstić information content (AvgIpc) is 2.80. The fourth-order valence-electron chi connectivity index (χ4n) is 3.44. The van der Waals surface area contributed by atoms with Crippen molar-refractivity contribution < 1.29 is 13.2 Å². The lowest BCUT2D eigenvalue weighted by Crippen LogP contribution is -2.39. The summed E-state index contributed by atoms with van der Waals surface area (Å²) in [5.41, 5.74) is 0.797. The molecule has 1 unspecified atom stereocenters. The Kier molecular flexibility index (Phi) is 5.86. The van der Waals surface area contributed by atoms with E-state index in [1.807, 2.05) is 6.07 Å². The minimum atomic E-state index is -3.59. The normalized spacial score (nSPS) is 17.4. The summed E-state index contributed by atoms with van der Waals surface area (Å²) in [7, 11) is -2.04. The molecule has 2 aromatic heterocycles. The summed E-state index contributed by atoms with van der Waals surface area (Å²) >= 11 is 0. The maximum Gasteiger partial charge on any atom is 0.243 e. The van der Waals surface area contributed by atoms with Gasteiger partial charge in [-0.25, -0.2) is 23.4 Å². The molecule has 1 saturated heterocycles. The van der Waals surface area contributed by atoms with Crippen molar-refractivity contribution in [3.63, 3.8) is 0 Å². The van der Waals surface area contributed by atoms with Gasteiger partial charge in [0, 0.05) is 37.6 Å². The van der Waals surface area contributed by atoms with Crippen molar-refractivity contribution in [2.45, 2.75) is 23.7 Å². The number of rotatable bonds is 6. The Balaban J connectivity index is 1.51. The second-order valence-electron chi connectivity index (χ2n) is 6.90. The zero-order valence-corrected chi connectivity index (χ0v) is 17.3. The maximum absolute atomic E-state index is 13.1. The van der Waals surface area contributed by atoms with Crippen molar-refractivity contribution in [1.29, 1.82) is 0 Å². The van der Waals surface area contributed by atoms with Crippen LogP contribution in [0.15, 0.2) is 60.0 Å². The summed E-state index contributed by atoms with van der Waals surface area (Å²) in [6.45, 7) is 0.858. The molecule has 1 aliphatic heterocycles. The molecule has 1 fully saturated rings. The van der Waals surface area contributed by atoms with Crippen LogP contribution < -0.4 is 10.1 Å². The Morgan fingerprint density at radius 2 is 1.93 bits per heavy atom. The third kappa shape index (κ3) is 4.39. The van der Waals surface area contributed by atoms with Gasteiger partial charge in [-0.1, -0.05) is 0 Å². The highest BCUT2D eigenvalue weighted by Crippen LogP contribution is 2.30. The molecule has 1 aromatic carbocycles. The number of aromatic nitrogens is 4. The molecule has 1 aliphatic rings. The number of hydrogen-bond donors (Lipinski definition) is 1. The lowest BCUT2D eigenvalue weighted by Gasteiger charge is -2.31. The first-order chi connectivity index (χ1) is 14.6. The lowest BCUT2D eigenvalue weighted by atomic mass is 9.96. The smallest absolute Gasteiger partial charge is 0.243 e. The molecule has 0 radical (unpaired) electrons. The molecule has 3 aromatic rings. The minimum absolute atomic E-state index is 0.0165. The molecule has 1 N–H and O–H groups in total. The molecule has 9 nitrogen and oxygen atoms in total. The molecule has 3 heterocycles. The first-order valence-corrected chi connectivity index (χ1v) is 11.0. The zero-order valence-electron chi connectivity index (χ0n) is 16.5. The molecular formula is C20H22N6O3S. The molecule has 30 heavy (non-hydrogen) atoms. The summed E-state index contributed by atoms with van der Waals surface area (Å²) in [4.78, 5) is 17.2. The lowest BCUT2D eigenvalue weighted by molar-refractivity contribution is 0.312. The minimum Gasteiger partial charge on any atom is -0.497 e. The molecule has 0 saturated carbocycles. The third-order valence-electron chi connectivity index (χ3n) is 4.98. The fraction of sp³-hybridized carbons (Fsp3) is 0.300. The molecule has 0 spiro atoms. The Bertz CT molecular complexity index is 1090. The highest BCUT2D eigenvalue weighted by atomic mass is 32.2. The largest absolute Gasteiger partial charge is 0.497 e. The van der Waals surface area contributed by atoms with E-state index in [2.05, 4.69) is 25.3 Å². The third-order valence-corrected chi connectivity index (χ3v) is 6.86. The molecule has 0 amide bonds. The van der Waals surface area contributed by atoms with Crippen molar-refractivity contribution in [3.8, 4) is 5.75 Å². The van der Waals surface area contributed by atoms with Gasteiger partial charge >= 0.3 is 0 Å². The van der Waals surface area contributed by atoms with E-state index in [-0.39, 0.29) is 10.8 Å². The van der Waals surface area contributed by atoms with Gasteiger partial charge in [0.1, 0.15) is 5.75 Å². The first-order valence-electron chi connectivity index (χ1n) is 9.56. The summed E-state index contributed by atoms with van der Waals surface area (Å²) in [5.74, 6) is 1.55. The summed E-state index contributed by atoms with van der Waals surface area (Å²) < 4.78 is 32.8. The van der Waals surface area contributed by atoms with E-state index in [9.17, 15) is 8.42 Å². The highest BCUT2D eigenvalue weighted by Gasteiger charge is 2.31.